The van der Waals surface area contributed by atoms with Gasteiger partial charge >= 0.3 is 0 Å². The molecule has 6 heteroatoms. The van der Waals surface area contributed by atoms with Crippen LogP contribution in [0.4, 0.5) is 5.69 Å². The molecule has 0 aliphatic heterocycles. The van der Waals surface area contributed by atoms with E-state index in [9.17, 15) is 8.42 Å². The third kappa shape index (κ3) is 2.95. The third-order valence-electron chi connectivity index (χ3n) is 4.16. The highest BCUT2D eigenvalue weighted by atomic mass is 32.2. The average molecular weight is 364 g/mol. The minimum atomic E-state index is -3.73. The molecule has 4 rings (SSSR count). The quantitative estimate of drug-likeness (QED) is 0.551. The van der Waals surface area contributed by atoms with E-state index in [2.05, 4.69) is 9.71 Å². The van der Waals surface area contributed by atoms with Crippen LogP contribution in [0.5, 0.6) is 5.75 Å². The smallest absolute Gasteiger partial charge is 0.261 e. The molecule has 1 N–H and O–H groups in total. The zero-order valence-corrected chi connectivity index (χ0v) is 14.8. The van der Waals surface area contributed by atoms with Crippen molar-refractivity contribution in [3.05, 3.63) is 72.8 Å². The van der Waals surface area contributed by atoms with Gasteiger partial charge in [0.15, 0.2) is 0 Å². The normalized spacial score (nSPS) is 11.6. The van der Waals surface area contributed by atoms with Crippen LogP contribution in [-0.2, 0) is 10.0 Å². The molecule has 0 aliphatic carbocycles. The largest absolute Gasteiger partial charge is 0.497 e. The van der Waals surface area contributed by atoms with Crippen molar-refractivity contribution in [1.82, 2.24) is 4.98 Å². The summed E-state index contributed by atoms with van der Waals surface area (Å²) in [6.07, 6.45) is 0. The molecule has 0 radical (unpaired) electrons. The Morgan fingerprint density at radius 2 is 1.62 bits per heavy atom. The van der Waals surface area contributed by atoms with Crippen LogP contribution in [0.25, 0.3) is 21.8 Å². The number of rotatable bonds is 4. The maximum Gasteiger partial charge on any atom is 0.261 e. The highest BCUT2D eigenvalue weighted by Gasteiger charge is 2.16. The number of hydrogen-bond acceptors (Lipinski definition) is 4. The first-order valence-electron chi connectivity index (χ1n) is 8.02. The number of sulfonamides is 1. The summed E-state index contributed by atoms with van der Waals surface area (Å²) in [6, 6.07) is 21.4. The van der Waals surface area contributed by atoms with Gasteiger partial charge in [0.2, 0.25) is 0 Å². The standard InChI is InChI=1S/C20H16N2O3S/c1-25-16-9-11-17(12-10-16)26(23,24)22-19-8-4-6-15-13-14-5-2-3-7-18(14)21-20(15)19/h2-13,22H,1H3. The first kappa shape index (κ1) is 16.4. The number of para-hydroxylation sites is 2. The SMILES string of the molecule is COc1ccc(S(=O)(=O)Nc2cccc3cc4ccccc4nc23)cc1. The van der Waals surface area contributed by atoms with Crippen LogP contribution in [0.1, 0.15) is 0 Å². The van der Waals surface area contributed by atoms with E-state index in [0.29, 0.717) is 17.0 Å². The highest BCUT2D eigenvalue weighted by molar-refractivity contribution is 7.92. The van der Waals surface area contributed by atoms with Gasteiger partial charge in [0.05, 0.1) is 28.7 Å². The Morgan fingerprint density at radius 1 is 0.885 bits per heavy atom. The fraction of sp³-hybridized carbons (Fsp3) is 0.0500. The molecular weight excluding hydrogens is 348 g/mol. The summed E-state index contributed by atoms with van der Waals surface area (Å²) in [5, 5.41) is 1.88. The van der Waals surface area contributed by atoms with Gasteiger partial charge in [-0.25, -0.2) is 13.4 Å². The monoisotopic (exact) mass is 364 g/mol. The van der Waals surface area contributed by atoms with E-state index in [1.54, 1.807) is 18.2 Å². The molecule has 0 atom stereocenters. The number of methoxy groups -OCH3 is 1. The molecule has 0 saturated heterocycles. The van der Waals surface area contributed by atoms with Crippen LogP contribution in [0, 0.1) is 0 Å². The van der Waals surface area contributed by atoms with E-state index in [1.807, 2.05) is 42.5 Å². The predicted molar refractivity (Wildman–Crippen MR) is 103 cm³/mol. The zero-order valence-electron chi connectivity index (χ0n) is 14.0. The Morgan fingerprint density at radius 3 is 2.38 bits per heavy atom. The zero-order chi connectivity index (χ0) is 18.1. The Hall–Kier alpha value is -3.12. The fourth-order valence-electron chi connectivity index (χ4n) is 2.84. The van der Waals surface area contributed by atoms with Crippen molar-refractivity contribution >= 4 is 37.5 Å². The molecule has 0 saturated carbocycles. The molecule has 130 valence electrons. The van der Waals surface area contributed by atoms with Crippen molar-refractivity contribution in [1.29, 1.82) is 0 Å². The van der Waals surface area contributed by atoms with Gasteiger partial charge in [-0.2, -0.15) is 0 Å². The average Bonchev–Trinajstić information content (AvgIpc) is 2.66. The second-order valence-electron chi connectivity index (χ2n) is 5.84. The van der Waals surface area contributed by atoms with Crippen LogP contribution < -0.4 is 9.46 Å². The lowest BCUT2D eigenvalue weighted by Crippen LogP contribution is -2.13. The van der Waals surface area contributed by atoms with Gasteiger partial charge in [-0.3, -0.25) is 4.72 Å². The molecule has 1 heterocycles. The minimum absolute atomic E-state index is 0.163. The molecule has 0 unspecified atom stereocenters. The number of nitrogens with one attached hydrogen (secondary N) is 1. The van der Waals surface area contributed by atoms with Crippen molar-refractivity contribution in [2.75, 3.05) is 11.8 Å². The van der Waals surface area contributed by atoms with Crippen molar-refractivity contribution in [3.63, 3.8) is 0 Å². The van der Waals surface area contributed by atoms with E-state index in [1.165, 1.54) is 19.2 Å². The van der Waals surface area contributed by atoms with Gasteiger partial charge < -0.3 is 4.74 Å². The number of pyridine rings is 1. The summed E-state index contributed by atoms with van der Waals surface area (Å²) in [4.78, 5) is 4.80. The number of aromatic nitrogens is 1. The Balaban J connectivity index is 1.79. The summed E-state index contributed by atoms with van der Waals surface area (Å²) in [7, 11) is -2.19. The second kappa shape index (κ2) is 6.31. The molecule has 0 spiro atoms. The fourth-order valence-corrected chi connectivity index (χ4v) is 3.91. The van der Waals surface area contributed by atoms with Crippen molar-refractivity contribution in [2.45, 2.75) is 4.90 Å². The van der Waals surface area contributed by atoms with E-state index >= 15 is 0 Å². The molecule has 0 fully saturated rings. The number of anilines is 1. The predicted octanol–water partition coefficient (Wildman–Crippen LogP) is 4.20. The van der Waals surface area contributed by atoms with Crippen molar-refractivity contribution < 1.29 is 13.2 Å². The lowest BCUT2D eigenvalue weighted by Gasteiger charge is -2.11. The van der Waals surface area contributed by atoms with E-state index in [0.717, 1.165) is 16.3 Å². The van der Waals surface area contributed by atoms with E-state index < -0.39 is 10.0 Å². The summed E-state index contributed by atoms with van der Waals surface area (Å²) < 4.78 is 33.2. The maximum atomic E-state index is 12.7. The molecule has 4 aromatic rings. The summed E-state index contributed by atoms with van der Waals surface area (Å²) in [5.41, 5.74) is 1.88. The second-order valence-corrected chi connectivity index (χ2v) is 7.52. The Kier molecular flexibility index (Phi) is 3.97. The van der Waals surface area contributed by atoms with Crippen LogP contribution in [0.2, 0.25) is 0 Å². The number of fused-ring (bicyclic) bond motifs is 2. The van der Waals surface area contributed by atoms with Gasteiger partial charge in [0, 0.05) is 10.8 Å². The molecule has 5 nitrogen and oxygen atoms in total. The summed E-state index contributed by atoms with van der Waals surface area (Å²) in [5.74, 6) is 0.599. The molecule has 1 aromatic heterocycles. The molecule has 0 bridgehead atoms. The molecule has 3 aromatic carbocycles. The first-order chi connectivity index (χ1) is 12.6. The van der Waals surface area contributed by atoms with Gasteiger partial charge in [-0.15, -0.1) is 0 Å². The maximum absolute atomic E-state index is 12.7. The van der Waals surface area contributed by atoms with E-state index in [-0.39, 0.29) is 4.90 Å². The van der Waals surface area contributed by atoms with Gasteiger partial charge in [-0.05, 0) is 42.5 Å². The van der Waals surface area contributed by atoms with Gasteiger partial charge in [0.25, 0.3) is 10.0 Å². The lowest BCUT2D eigenvalue weighted by atomic mass is 10.1. The van der Waals surface area contributed by atoms with Gasteiger partial charge in [0.1, 0.15) is 5.75 Å². The van der Waals surface area contributed by atoms with Crippen molar-refractivity contribution in [3.8, 4) is 5.75 Å². The topological polar surface area (TPSA) is 68.3 Å². The van der Waals surface area contributed by atoms with Crippen LogP contribution in [-0.4, -0.2) is 20.5 Å². The number of nitrogens with zero attached hydrogens (tertiary/aromatic N) is 1. The Labute approximate surface area is 151 Å². The Bertz CT molecular complexity index is 1200. The molecule has 0 aliphatic rings. The van der Waals surface area contributed by atoms with Crippen LogP contribution >= 0.6 is 0 Å². The highest BCUT2D eigenvalue weighted by Crippen LogP contribution is 2.27. The molecule has 26 heavy (non-hydrogen) atoms. The number of ether oxygens (including phenoxy) is 1. The van der Waals surface area contributed by atoms with E-state index in [4.69, 9.17) is 4.74 Å². The summed E-state index contributed by atoms with van der Waals surface area (Å²) >= 11 is 0. The first-order valence-corrected chi connectivity index (χ1v) is 9.50. The minimum Gasteiger partial charge on any atom is -0.497 e. The van der Waals surface area contributed by atoms with Crippen LogP contribution in [0.15, 0.2) is 77.7 Å². The van der Waals surface area contributed by atoms with Crippen LogP contribution in [0.3, 0.4) is 0 Å². The molecule has 0 amide bonds. The lowest BCUT2D eigenvalue weighted by molar-refractivity contribution is 0.414. The third-order valence-corrected chi connectivity index (χ3v) is 5.54. The summed E-state index contributed by atoms with van der Waals surface area (Å²) in [6.45, 7) is 0. The number of hydrogen-bond donors (Lipinski definition) is 1. The number of benzene rings is 3. The van der Waals surface area contributed by atoms with Gasteiger partial charge in [-0.1, -0.05) is 30.3 Å². The van der Waals surface area contributed by atoms with Crippen molar-refractivity contribution in [2.24, 2.45) is 0 Å². The molecular formula is C20H16N2O3S.